The van der Waals surface area contributed by atoms with Gasteiger partial charge in [-0.05, 0) is 24.9 Å². The largest absolute Gasteiger partial charge is 0.388 e. The molecule has 3 heteroatoms. The van der Waals surface area contributed by atoms with Crippen LogP contribution in [-0.4, -0.2) is 24.5 Å². The molecule has 1 aromatic carbocycles. The van der Waals surface area contributed by atoms with Crippen molar-refractivity contribution in [2.45, 2.75) is 18.9 Å². The highest BCUT2D eigenvalue weighted by Gasteiger charge is 2.22. The molecule has 2 unspecified atom stereocenters. The summed E-state index contributed by atoms with van der Waals surface area (Å²) in [4.78, 5) is 10.5. The molecule has 2 N–H and O–H groups in total. The Hall–Kier alpha value is -1.19. The fourth-order valence-electron chi connectivity index (χ4n) is 2.19. The number of aliphatic hydroxyl groups is 1. The van der Waals surface area contributed by atoms with Crippen molar-refractivity contribution in [2.24, 2.45) is 5.92 Å². The Morgan fingerprint density at radius 1 is 1.38 bits per heavy atom. The van der Waals surface area contributed by atoms with E-state index in [0.717, 1.165) is 37.8 Å². The first-order valence-electron chi connectivity index (χ1n) is 5.75. The molecular weight excluding hydrogens is 202 g/mol. The molecule has 0 bridgehead atoms. The van der Waals surface area contributed by atoms with Crippen molar-refractivity contribution in [3.63, 3.8) is 0 Å². The highest BCUT2D eigenvalue weighted by molar-refractivity contribution is 5.74. The minimum absolute atomic E-state index is 0.288. The quantitative estimate of drug-likeness (QED) is 0.758. The van der Waals surface area contributed by atoms with E-state index in [9.17, 15) is 9.90 Å². The first-order valence-corrected chi connectivity index (χ1v) is 5.75. The number of rotatable bonds is 3. The van der Waals surface area contributed by atoms with Gasteiger partial charge in [-0.25, -0.2) is 0 Å². The van der Waals surface area contributed by atoms with Crippen molar-refractivity contribution < 1.29 is 9.90 Å². The van der Waals surface area contributed by atoms with Gasteiger partial charge in [-0.1, -0.05) is 24.3 Å². The van der Waals surface area contributed by atoms with Crippen molar-refractivity contribution in [1.82, 2.24) is 5.32 Å². The molecule has 0 aromatic heterocycles. The fourth-order valence-corrected chi connectivity index (χ4v) is 2.19. The summed E-state index contributed by atoms with van der Waals surface area (Å²) in [6.45, 7) is 1.92. The van der Waals surface area contributed by atoms with Crippen LogP contribution in [0.3, 0.4) is 0 Å². The minimum Gasteiger partial charge on any atom is -0.388 e. The Kier molecular flexibility index (Phi) is 3.70. The standard InChI is InChI=1S/C13H17NO2/c15-9-10-3-5-11(6-4-10)13(16)12-2-1-7-14-8-12/h3-6,9,12-14,16H,1-2,7-8H2. The zero-order valence-corrected chi connectivity index (χ0v) is 9.23. The SMILES string of the molecule is O=Cc1ccc(C(O)C2CCCNC2)cc1. The van der Waals surface area contributed by atoms with Crippen LogP contribution in [0.15, 0.2) is 24.3 Å². The molecule has 1 aliphatic rings. The topological polar surface area (TPSA) is 49.3 Å². The predicted octanol–water partition coefficient (Wildman–Crippen LogP) is 1.53. The number of carbonyl (C=O) groups excluding carboxylic acids is 1. The molecule has 0 spiro atoms. The van der Waals surface area contributed by atoms with E-state index in [-0.39, 0.29) is 5.92 Å². The van der Waals surface area contributed by atoms with Gasteiger partial charge in [0.2, 0.25) is 0 Å². The number of aldehydes is 1. The van der Waals surface area contributed by atoms with Crippen molar-refractivity contribution in [3.05, 3.63) is 35.4 Å². The highest BCUT2D eigenvalue weighted by atomic mass is 16.3. The maximum absolute atomic E-state index is 10.5. The van der Waals surface area contributed by atoms with Crippen LogP contribution in [0.2, 0.25) is 0 Å². The van der Waals surface area contributed by atoms with Crippen LogP contribution in [0.4, 0.5) is 0 Å². The van der Waals surface area contributed by atoms with Gasteiger partial charge >= 0.3 is 0 Å². The van der Waals surface area contributed by atoms with Crippen LogP contribution in [0.1, 0.15) is 34.9 Å². The van der Waals surface area contributed by atoms with Crippen LogP contribution in [0.5, 0.6) is 0 Å². The number of carbonyl (C=O) groups is 1. The smallest absolute Gasteiger partial charge is 0.150 e. The summed E-state index contributed by atoms with van der Waals surface area (Å²) in [5.41, 5.74) is 1.55. The summed E-state index contributed by atoms with van der Waals surface area (Å²) in [5, 5.41) is 13.5. The Balaban J connectivity index is 2.06. The zero-order valence-electron chi connectivity index (χ0n) is 9.23. The van der Waals surface area contributed by atoms with E-state index in [2.05, 4.69) is 5.32 Å². The first kappa shape index (κ1) is 11.3. The van der Waals surface area contributed by atoms with Gasteiger partial charge in [0.25, 0.3) is 0 Å². The van der Waals surface area contributed by atoms with Crippen molar-refractivity contribution in [3.8, 4) is 0 Å². The van der Waals surface area contributed by atoms with Gasteiger partial charge < -0.3 is 10.4 Å². The molecule has 2 rings (SSSR count). The lowest BCUT2D eigenvalue weighted by Crippen LogP contribution is -2.33. The molecule has 0 radical (unpaired) electrons. The molecule has 1 aliphatic heterocycles. The third-order valence-corrected chi connectivity index (χ3v) is 3.20. The number of piperidine rings is 1. The highest BCUT2D eigenvalue weighted by Crippen LogP contribution is 2.26. The van der Waals surface area contributed by atoms with Crippen LogP contribution >= 0.6 is 0 Å². The van der Waals surface area contributed by atoms with Gasteiger partial charge in [0.15, 0.2) is 0 Å². The van der Waals surface area contributed by atoms with Gasteiger partial charge in [0.1, 0.15) is 6.29 Å². The van der Waals surface area contributed by atoms with Crippen molar-refractivity contribution in [1.29, 1.82) is 0 Å². The fraction of sp³-hybridized carbons (Fsp3) is 0.462. The summed E-state index contributed by atoms with van der Waals surface area (Å²) >= 11 is 0. The first-order chi connectivity index (χ1) is 7.81. The van der Waals surface area contributed by atoms with E-state index >= 15 is 0 Å². The van der Waals surface area contributed by atoms with Crippen LogP contribution in [-0.2, 0) is 0 Å². The van der Waals surface area contributed by atoms with Crippen LogP contribution < -0.4 is 5.32 Å². The van der Waals surface area contributed by atoms with E-state index in [1.165, 1.54) is 0 Å². The third-order valence-electron chi connectivity index (χ3n) is 3.20. The summed E-state index contributed by atoms with van der Waals surface area (Å²) in [6.07, 6.45) is 2.57. The summed E-state index contributed by atoms with van der Waals surface area (Å²) in [5.74, 6) is 0.288. The van der Waals surface area contributed by atoms with E-state index in [0.29, 0.717) is 5.56 Å². The molecule has 1 saturated heterocycles. The average Bonchev–Trinajstić information content (AvgIpc) is 2.39. The van der Waals surface area contributed by atoms with Crippen molar-refractivity contribution >= 4 is 6.29 Å². The molecule has 1 heterocycles. The molecule has 0 saturated carbocycles. The van der Waals surface area contributed by atoms with Gasteiger partial charge in [-0.3, -0.25) is 4.79 Å². The molecular formula is C13H17NO2. The van der Waals surface area contributed by atoms with Gasteiger partial charge in [0.05, 0.1) is 6.10 Å². The lowest BCUT2D eigenvalue weighted by atomic mass is 9.89. The Bertz CT molecular complexity index is 341. The Labute approximate surface area is 95.5 Å². The maximum atomic E-state index is 10.5. The number of hydrogen-bond donors (Lipinski definition) is 2. The Morgan fingerprint density at radius 2 is 2.12 bits per heavy atom. The van der Waals surface area contributed by atoms with E-state index in [1.807, 2.05) is 12.1 Å². The lowest BCUT2D eigenvalue weighted by molar-refractivity contribution is 0.0921. The van der Waals surface area contributed by atoms with E-state index in [1.54, 1.807) is 12.1 Å². The van der Waals surface area contributed by atoms with Gasteiger partial charge in [-0.15, -0.1) is 0 Å². The second-order valence-corrected chi connectivity index (χ2v) is 4.34. The van der Waals surface area contributed by atoms with Gasteiger partial charge in [-0.2, -0.15) is 0 Å². The molecule has 1 aromatic rings. The number of benzene rings is 1. The molecule has 86 valence electrons. The second-order valence-electron chi connectivity index (χ2n) is 4.34. The molecule has 1 fully saturated rings. The van der Waals surface area contributed by atoms with E-state index < -0.39 is 6.10 Å². The summed E-state index contributed by atoms with van der Waals surface area (Å²) in [7, 11) is 0. The predicted molar refractivity (Wildman–Crippen MR) is 62.4 cm³/mol. The zero-order chi connectivity index (χ0) is 11.4. The van der Waals surface area contributed by atoms with Crippen LogP contribution in [0, 0.1) is 5.92 Å². The molecule has 3 nitrogen and oxygen atoms in total. The normalized spacial score (nSPS) is 22.7. The molecule has 0 amide bonds. The monoisotopic (exact) mass is 219 g/mol. The second kappa shape index (κ2) is 5.23. The number of aliphatic hydroxyl groups excluding tert-OH is 1. The van der Waals surface area contributed by atoms with E-state index in [4.69, 9.17) is 0 Å². The Morgan fingerprint density at radius 3 is 2.69 bits per heavy atom. The number of nitrogens with one attached hydrogen (secondary N) is 1. The molecule has 16 heavy (non-hydrogen) atoms. The number of hydrogen-bond acceptors (Lipinski definition) is 3. The molecule has 0 aliphatic carbocycles. The summed E-state index contributed by atoms with van der Waals surface area (Å²) in [6, 6.07) is 7.18. The molecule has 2 atom stereocenters. The van der Waals surface area contributed by atoms with Gasteiger partial charge in [0, 0.05) is 18.0 Å². The summed E-state index contributed by atoms with van der Waals surface area (Å²) < 4.78 is 0. The minimum atomic E-state index is -0.423. The average molecular weight is 219 g/mol. The van der Waals surface area contributed by atoms with Crippen LogP contribution in [0.25, 0.3) is 0 Å². The lowest BCUT2D eigenvalue weighted by Gasteiger charge is -2.27. The third kappa shape index (κ3) is 2.49. The van der Waals surface area contributed by atoms with Crippen molar-refractivity contribution in [2.75, 3.05) is 13.1 Å². The maximum Gasteiger partial charge on any atom is 0.150 e.